The summed E-state index contributed by atoms with van der Waals surface area (Å²) < 4.78 is 36.2. The third kappa shape index (κ3) is 4.63. The second kappa shape index (κ2) is 8.83. The van der Waals surface area contributed by atoms with Gasteiger partial charge in [0.1, 0.15) is 6.10 Å². The highest BCUT2D eigenvalue weighted by atomic mass is 32.2. The van der Waals surface area contributed by atoms with Crippen molar-refractivity contribution in [3.8, 4) is 17.1 Å². The first-order valence-electron chi connectivity index (χ1n) is 13.4. The third-order valence-corrected chi connectivity index (χ3v) is 10.0. The molecule has 2 heterocycles. The van der Waals surface area contributed by atoms with E-state index < -0.39 is 10.0 Å². The predicted octanol–water partition coefficient (Wildman–Crippen LogP) is 6.64. The van der Waals surface area contributed by atoms with Crippen LogP contribution in [0, 0.1) is 31.1 Å². The van der Waals surface area contributed by atoms with E-state index in [1.54, 1.807) is 6.07 Å². The summed E-state index contributed by atoms with van der Waals surface area (Å²) in [6.45, 7) is 8.44. The average molecular weight is 518 g/mol. The van der Waals surface area contributed by atoms with Crippen molar-refractivity contribution in [2.24, 2.45) is 17.3 Å². The summed E-state index contributed by atoms with van der Waals surface area (Å²) in [6.07, 6.45) is 5.90. The second-order valence-corrected chi connectivity index (χ2v) is 13.5. The Morgan fingerprint density at radius 1 is 1.00 bits per heavy atom. The lowest BCUT2D eigenvalue weighted by Crippen LogP contribution is -2.35. The van der Waals surface area contributed by atoms with E-state index in [9.17, 15) is 8.42 Å². The Labute approximate surface area is 220 Å². The number of fused-ring (bicyclic) bond motifs is 4. The van der Waals surface area contributed by atoms with Gasteiger partial charge in [0, 0.05) is 11.6 Å². The smallest absolute Gasteiger partial charge is 0.264 e. The van der Waals surface area contributed by atoms with E-state index in [1.165, 1.54) is 25.7 Å². The fraction of sp³-hybridized carbons (Fsp3) is 0.467. The van der Waals surface area contributed by atoms with E-state index in [2.05, 4.69) is 34.6 Å². The Kier molecular flexibility index (Phi) is 5.82. The Bertz CT molecular complexity index is 1430. The molecule has 2 aromatic carbocycles. The van der Waals surface area contributed by atoms with Crippen LogP contribution in [0.1, 0.15) is 68.6 Å². The van der Waals surface area contributed by atoms with Gasteiger partial charge in [0.25, 0.3) is 10.0 Å². The average Bonchev–Trinajstić information content (AvgIpc) is 3.61. The highest BCUT2D eigenvalue weighted by Gasteiger charge is 2.55. The second-order valence-electron chi connectivity index (χ2n) is 11.8. The van der Waals surface area contributed by atoms with E-state index >= 15 is 0 Å². The molecule has 3 aliphatic rings. The third-order valence-electron chi connectivity index (χ3n) is 8.68. The number of aryl methyl sites for hydroxylation is 2. The van der Waals surface area contributed by atoms with Gasteiger partial charge in [0.05, 0.1) is 10.6 Å². The van der Waals surface area contributed by atoms with Crippen molar-refractivity contribution in [2.75, 3.05) is 4.72 Å². The Balaban J connectivity index is 1.47. The number of anilines is 1. The van der Waals surface area contributed by atoms with Crippen molar-refractivity contribution in [3.63, 3.8) is 0 Å². The summed E-state index contributed by atoms with van der Waals surface area (Å²) in [7, 11) is -3.87. The van der Waals surface area contributed by atoms with E-state index in [0.29, 0.717) is 22.9 Å². The maximum absolute atomic E-state index is 13.5. The molecule has 6 rings (SSSR count). The highest BCUT2D eigenvalue weighted by Crippen LogP contribution is 2.66. The maximum Gasteiger partial charge on any atom is 0.264 e. The lowest BCUT2D eigenvalue weighted by atomic mass is 9.63. The molecule has 0 radical (unpaired) electrons. The molecule has 2 fully saturated rings. The zero-order valence-corrected chi connectivity index (χ0v) is 22.8. The molecule has 1 aliphatic heterocycles. The molecule has 2 atom stereocenters. The number of sulfonamides is 1. The Morgan fingerprint density at radius 2 is 1.70 bits per heavy atom. The van der Waals surface area contributed by atoms with Crippen LogP contribution < -0.4 is 9.46 Å². The van der Waals surface area contributed by atoms with Gasteiger partial charge in [-0.05, 0) is 97.9 Å². The summed E-state index contributed by atoms with van der Waals surface area (Å²) in [5.41, 5.74) is 5.39. The molecule has 1 N–H and O–H groups in total. The summed E-state index contributed by atoms with van der Waals surface area (Å²) in [5, 5.41) is 0. The number of aromatic nitrogens is 2. The van der Waals surface area contributed by atoms with Crippen molar-refractivity contribution in [3.05, 3.63) is 65.2 Å². The minimum absolute atomic E-state index is 0.0230. The van der Waals surface area contributed by atoms with Crippen LogP contribution in [0.2, 0.25) is 0 Å². The van der Waals surface area contributed by atoms with Crippen LogP contribution in [0.5, 0.6) is 5.88 Å². The molecule has 2 unspecified atom stereocenters. The molecule has 2 saturated carbocycles. The standard InChI is InChI=1S/C30H35N3O3S/c1-18(2)26-14-24(22-16-30(17-22)11-12-30)21-9-6-10-23(13-21)37(34,35)33-29-31-25(15-27(32-29)36-26)28-19(3)7-5-8-20(28)4/h5-10,13,15,18,22,24,26H,11-12,14,16-17H2,1-4H3,(H,31,32,33). The summed E-state index contributed by atoms with van der Waals surface area (Å²) in [5.74, 6) is 1.48. The Hall–Kier alpha value is -2.93. The molecule has 1 spiro atoms. The molecule has 0 saturated heterocycles. The van der Waals surface area contributed by atoms with Gasteiger partial charge in [-0.25, -0.2) is 18.1 Å². The Morgan fingerprint density at radius 3 is 2.38 bits per heavy atom. The zero-order valence-electron chi connectivity index (χ0n) is 22.0. The van der Waals surface area contributed by atoms with Crippen LogP contribution in [0.25, 0.3) is 11.3 Å². The monoisotopic (exact) mass is 517 g/mol. The first-order valence-corrected chi connectivity index (χ1v) is 14.9. The van der Waals surface area contributed by atoms with Gasteiger partial charge in [-0.1, -0.05) is 44.2 Å². The number of benzene rings is 2. The lowest BCUT2D eigenvalue weighted by molar-refractivity contribution is 0.0792. The predicted molar refractivity (Wildman–Crippen MR) is 145 cm³/mol. The van der Waals surface area contributed by atoms with Gasteiger partial charge < -0.3 is 4.74 Å². The van der Waals surface area contributed by atoms with Crippen molar-refractivity contribution in [2.45, 2.75) is 76.7 Å². The molecule has 1 aromatic heterocycles. The first kappa shape index (κ1) is 24.4. The maximum atomic E-state index is 13.5. The van der Waals surface area contributed by atoms with E-state index in [1.807, 2.05) is 50.2 Å². The molecule has 3 aromatic rings. The van der Waals surface area contributed by atoms with Crippen LogP contribution in [-0.4, -0.2) is 24.5 Å². The molecule has 2 aliphatic carbocycles. The molecular weight excluding hydrogens is 482 g/mol. The van der Waals surface area contributed by atoms with Crippen molar-refractivity contribution in [1.29, 1.82) is 0 Å². The fourth-order valence-corrected chi connectivity index (χ4v) is 7.35. The number of nitrogens with one attached hydrogen (secondary N) is 1. The molecule has 4 bridgehead atoms. The first-order chi connectivity index (χ1) is 17.6. The number of hydrogen-bond donors (Lipinski definition) is 1. The number of nitrogens with zero attached hydrogens (tertiary/aromatic N) is 2. The molecule has 37 heavy (non-hydrogen) atoms. The summed E-state index contributed by atoms with van der Waals surface area (Å²) in [4.78, 5) is 9.42. The van der Waals surface area contributed by atoms with Crippen LogP contribution in [-0.2, 0) is 10.0 Å². The minimum atomic E-state index is -3.87. The molecular formula is C30H35N3O3S. The normalized spacial score (nSPS) is 25.3. The highest BCUT2D eigenvalue weighted by molar-refractivity contribution is 7.92. The summed E-state index contributed by atoms with van der Waals surface area (Å²) in [6, 6.07) is 15.4. The van der Waals surface area contributed by atoms with Crippen molar-refractivity contribution >= 4 is 16.0 Å². The molecule has 194 valence electrons. The van der Waals surface area contributed by atoms with E-state index in [0.717, 1.165) is 28.7 Å². The fourth-order valence-electron chi connectivity index (χ4n) is 6.35. The summed E-state index contributed by atoms with van der Waals surface area (Å²) >= 11 is 0. The van der Waals surface area contributed by atoms with Crippen LogP contribution in [0.4, 0.5) is 5.95 Å². The number of hydrogen-bond acceptors (Lipinski definition) is 5. The van der Waals surface area contributed by atoms with Gasteiger partial charge in [-0.3, -0.25) is 0 Å². The largest absolute Gasteiger partial charge is 0.474 e. The topological polar surface area (TPSA) is 81.2 Å². The quantitative estimate of drug-likeness (QED) is 0.421. The van der Waals surface area contributed by atoms with Crippen LogP contribution in [0.3, 0.4) is 0 Å². The van der Waals surface area contributed by atoms with Gasteiger partial charge in [-0.2, -0.15) is 4.98 Å². The van der Waals surface area contributed by atoms with Gasteiger partial charge in [0.15, 0.2) is 0 Å². The number of rotatable bonds is 3. The van der Waals surface area contributed by atoms with Gasteiger partial charge in [-0.15, -0.1) is 0 Å². The van der Waals surface area contributed by atoms with Gasteiger partial charge >= 0.3 is 0 Å². The molecule has 0 amide bonds. The molecule has 6 nitrogen and oxygen atoms in total. The number of ether oxygens (including phenoxy) is 1. The van der Waals surface area contributed by atoms with Crippen molar-refractivity contribution in [1.82, 2.24) is 9.97 Å². The van der Waals surface area contributed by atoms with Crippen LogP contribution in [0.15, 0.2) is 53.4 Å². The minimum Gasteiger partial charge on any atom is -0.474 e. The van der Waals surface area contributed by atoms with Gasteiger partial charge in [0.2, 0.25) is 11.8 Å². The molecule has 7 heteroatoms. The van der Waals surface area contributed by atoms with E-state index in [-0.39, 0.29) is 28.8 Å². The van der Waals surface area contributed by atoms with E-state index in [4.69, 9.17) is 4.74 Å². The van der Waals surface area contributed by atoms with Crippen molar-refractivity contribution < 1.29 is 13.2 Å². The zero-order chi connectivity index (χ0) is 25.9. The SMILES string of the molecule is Cc1cccc(C)c1-c1cc2nc(n1)NS(=O)(=O)c1cccc(c1)C(C1CC3(CC3)C1)CC(C(C)C)O2. The lowest BCUT2D eigenvalue weighted by Gasteiger charge is -2.43. The van der Waals surface area contributed by atoms with Crippen LogP contribution >= 0.6 is 0 Å².